The molecule has 0 radical (unpaired) electrons. The lowest BCUT2D eigenvalue weighted by atomic mass is 10.0. The van der Waals surface area contributed by atoms with Crippen molar-refractivity contribution in [3.63, 3.8) is 0 Å². The van der Waals surface area contributed by atoms with Gasteiger partial charge in [0.05, 0.1) is 12.4 Å². The lowest BCUT2D eigenvalue weighted by Crippen LogP contribution is -2.51. The van der Waals surface area contributed by atoms with Crippen molar-refractivity contribution in [1.29, 1.82) is 0 Å². The Hall–Kier alpha value is -0.750. The van der Waals surface area contributed by atoms with Crippen LogP contribution in [0.3, 0.4) is 0 Å². The van der Waals surface area contributed by atoms with Crippen LogP contribution in [0.15, 0.2) is 4.99 Å². The van der Waals surface area contributed by atoms with Gasteiger partial charge in [-0.15, -0.1) is 0 Å². The van der Waals surface area contributed by atoms with E-state index in [9.17, 15) is 4.79 Å². The summed E-state index contributed by atoms with van der Waals surface area (Å²) in [5.41, 5.74) is 10.3. The molecule has 0 fully saturated rings. The number of esters is 1. The van der Waals surface area contributed by atoms with Gasteiger partial charge in [0, 0.05) is 5.75 Å². The molecular formula is C11H23N3O2S. The summed E-state index contributed by atoms with van der Waals surface area (Å²) < 4.78 is 5.32. The van der Waals surface area contributed by atoms with Crippen LogP contribution in [0.2, 0.25) is 0 Å². The van der Waals surface area contributed by atoms with E-state index >= 15 is 0 Å². The predicted octanol–water partition coefficient (Wildman–Crippen LogP) is 0.723. The van der Waals surface area contributed by atoms with Crippen LogP contribution in [-0.2, 0) is 9.53 Å². The van der Waals surface area contributed by atoms with Crippen molar-refractivity contribution >= 4 is 24.4 Å². The van der Waals surface area contributed by atoms with E-state index in [2.05, 4.69) is 17.6 Å². The van der Waals surface area contributed by atoms with Crippen LogP contribution in [0, 0.1) is 0 Å². The molecule has 2 atom stereocenters. The number of aliphatic imine (C=N–C) groups is 1. The van der Waals surface area contributed by atoms with E-state index in [1.807, 2.05) is 13.8 Å². The number of nitrogens with two attached hydrogens (primary N) is 2. The largest absolute Gasteiger partial charge is 0.459 e. The number of thiol groups is 1. The van der Waals surface area contributed by atoms with Crippen molar-refractivity contribution in [2.45, 2.75) is 45.3 Å². The third-order valence-corrected chi connectivity index (χ3v) is 3.16. The van der Waals surface area contributed by atoms with Gasteiger partial charge in [0.25, 0.3) is 0 Å². The Bertz CT molecular complexity index is 274. The second kappa shape index (κ2) is 7.55. The Kier molecular flexibility index (Phi) is 7.22. The van der Waals surface area contributed by atoms with Crippen LogP contribution in [-0.4, -0.2) is 35.7 Å². The number of ether oxygens (including phenoxy) is 1. The van der Waals surface area contributed by atoms with Crippen LogP contribution in [0.1, 0.15) is 33.6 Å². The number of hydrogen-bond donors (Lipinski definition) is 3. The maximum absolute atomic E-state index is 11.9. The SMILES string of the molecule is CC[C@@H](CN=C(C)N)OC(=O)[C@](N)(CC)CS. The minimum atomic E-state index is -1.02. The van der Waals surface area contributed by atoms with Crippen LogP contribution >= 0.6 is 12.6 Å². The topological polar surface area (TPSA) is 90.7 Å². The molecule has 0 amide bonds. The Balaban J connectivity index is 4.47. The third kappa shape index (κ3) is 5.41. The highest BCUT2D eigenvalue weighted by molar-refractivity contribution is 7.80. The Labute approximate surface area is 108 Å². The zero-order valence-electron chi connectivity index (χ0n) is 10.8. The third-order valence-electron chi connectivity index (χ3n) is 2.59. The van der Waals surface area contributed by atoms with E-state index < -0.39 is 11.5 Å². The smallest absolute Gasteiger partial charge is 0.327 e. The summed E-state index contributed by atoms with van der Waals surface area (Å²) in [6.07, 6.45) is 0.884. The normalized spacial score (nSPS) is 17.4. The first kappa shape index (κ1) is 16.2. The van der Waals surface area contributed by atoms with Gasteiger partial charge in [0.15, 0.2) is 0 Å². The molecule has 0 unspecified atom stereocenters. The van der Waals surface area contributed by atoms with Crippen molar-refractivity contribution in [3.05, 3.63) is 0 Å². The Morgan fingerprint density at radius 3 is 2.47 bits per heavy atom. The predicted molar refractivity (Wildman–Crippen MR) is 73.4 cm³/mol. The molecule has 100 valence electrons. The molecule has 0 bridgehead atoms. The van der Waals surface area contributed by atoms with Gasteiger partial charge in [-0.2, -0.15) is 12.6 Å². The maximum atomic E-state index is 11.9. The van der Waals surface area contributed by atoms with E-state index in [0.717, 1.165) is 0 Å². The molecule has 0 aromatic heterocycles. The Morgan fingerprint density at radius 1 is 1.53 bits per heavy atom. The van der Waals surface area contributed by atoms with Gasteiger partial charge < -0.3 is 16.2 Å². The molecule has 0 saturated carbocycles. The molecule has 5 nitrogen and oxygen atoms in total. The molecule has 0 spiro atoms. The van der Waals surface area contributed by atoms with Gasteiger partial charge in [-0.25, -0.2) is 0 Å². The second-order valence-electron chi connectivity index (χ2n) is 4.09. The monoisotopic (exact) mass is 261 g/mol. The summed E-state index contributed by atoms with van der Waals surface area (Å²) >= 11 is 4.08. The maximum Gasteiger partial charge on any atom is 0.327 e. The van der Waals surface area contributed by atoms with E-state index in [1.165, 1.54) is 0 Å². The van der Waals surface area contributed by atoms with Crippen LogP contribution in [0.5, 0.6) is 0 Å². The van der Waals surface area contributed by atoms with Crippen LogP contribution < -0.4 is 11.5 Å². The average Bonchev–Trinajstić information content (AvgIpc) is 2.32. The minimum absolute atomic E-state index is 0.262. The fourth-order valence-electron chi connectivity index (χ4n) is 1.08. The molecule has 0 saturated heterocycles. The molecular weight excluding hydrogens is 238 g/mol. The number of rotatable bonds is 7. The number of hydrogen-bond acceptors (Lipinski definition) is 5. The highest BCUT2D eigenvalue weighted by Crippen LogP contribution is 2.13. The molecule has 0 aliphatic heterocycles. The molecule has 0 rings (SSSR count). The van der Waals surface area contributed by atoms with Gasteiger partial charge in [-0.1, -0.05) is 13.8 Å². The standard InChI is InChI=1S/C11H23N3O2S/c1-4-9(6-14-8(3)12)16-10(15)11(13,5-2)7-17/h9,17H,4-7,13H2,1-3H3,(H2,12,14)/t9-,11-/m0/s1. The zero-order valence-corrected chi connectivity index (χ0v) is 11.7. The first-order valence-corrected chi connectivity index (χ1v) is 6.40. The second-order valence-corrected chi connectivity index (χ2v) is 4.40. The molecule has 4 N–H and O–H groups in total. The van der Waals surface area contributed by atoms with Gasteiger partial charge >= 0.3 is 5.97 Å². The summed E-state index contributed by atoms with van der Waals surface area (Å²) in [5.74, 6) is 0.313. The lowest BCUT2D eigenvalue weighted by Gasteiger charge is -2.26. The van der Waals surface area contributed by atoms with E-state index in [4.69, 9.17) is 16.2 Å². The van der Waals surface area contributed by atoms with Gasteiger partial charge in [-0.05, 0) is 19.8 Å². The van der Waals surface area contributed by atoms with Crippen molar-refractivity contribution in [1.82, 2.24) is 0 Å². The number of nitrogens with zero attached hydrogens (tertiary/aromatic N) is 1. The van der Waals surface area contributed by atoms with E-state index in [-0.39, 0.29) is 11.9 Å². The van der Waals surface area contributed by atoms with Gasteiger partial charge in [0.1, 0.15) is 11.6 Å². The minimum Gasteiger partial charge on any atom is -0.459 e. The molecule has 0 aromatic carbocycles. The highest BCUT2D eigenvalue weighted by Gasteiger charge is 2.33. The van der Waals surface area contributed by atoms with Crippen molar-refractivity contribution in [2.75, 3.05) is 12.3 Å². The molecule has 17 heavy (non-hydrogen) atoms. The fourth-order valence-corrected chi connectivity index (χ4v) is 1.44. The molecule has 6 heteroatoms. The molecule has 0 aromatic rings. The van der Waals surface area contributed by atoms with Crippen LogP contribution in [0.4, 0.5) is 0 Å². The van der Waals surface area contributed by atoms with E-state index in [1.54, 1.807) is 6.92 Å². The van der Waals surface area contributed by atoms with Gasteiger partial charge in [0.2, 0.25) is 0 Å². The summed E-state index contributed by atoms with van der Waals surface area (Å²) in [5, 5.41) is 0. The summed E-state index contributed by atoms with van der Waals surface area (Å²) in [6, 6.07) is 0. The summed E-state index contributed by atoms with van der Waals surface area (Å²) in [4.78, 5) is 15.9. The van der Waals surface area contributed by atoms with Crippen molar-refractivity contribution < 1.29 is 9.53 Å². The number of amidine groups is 1. The zero-order chi connectivity index (χ0) is 13.5. The van der Waals surface area contributed by atoms with Crippen molar-refractivity contribution in [3.8, 4) is 0 Å². The number of carbonyl (C=O) groups is 1. The molecule has 0 heterocycles. The van der Waals surface area contributed by atoms with Crippen LogP contribution in [0.25, 0.3) is 0 Å². The molecule has 0 aliphatic rings. The average molecular weight is 261 g/mol. The fraction of sp³-hybridized carbons (Fsp3) is 0.818. The van der Waals surface area contributed by atoms with Gasteiger partial charge in [-0.3, -0.25) is 9.79 Å². The van der Waals surface area contributed by atoms with E-state index in [0.29, 0.717) is 25.2 Å². The highest BCUT2D eigenvalue weighted by atomic mass is 32.1. The first-order chi connectivity index (χ1) is 7.89. The molecule has 0 aliphatic carbocycles. The lowest BCUT2D eigenvalue weighted by molar-refractivity contribution is -0.154. The number of carbonyl (C=O) groups excluding carboxylic acids is 1. The quantitative estimate of drug-likeness (QED) is 0.273. The summed E-state index contributed by atoms with van der Waals surface area (Å²) in [7, 11) is 0. The first-order valence-electron chi connectivity index (χ1n) is 5.77. The Morgan fingerprint density at radius 2 is 2.12 bits per heavy atom. The van der Waals surface area contributed by atoms with Crippen molar-refractivity contribution in [2.24, 2.45) is 16.5 Å². The summed E-state index contributed by atoms with van der Waals surface area (Å²) in [6.45, 7) is 5.82.